The largest absolute Gasteiger partial charge is 0.490 e. The first-order valence-electron chi connectivity index (χ1n) is 6.44. The van der Waals surface area contributed by atoms with Crippen molar-refractivity contribution in [3.05, 3.63) is 28.3 Å². The zero-order chi connectivity index (χ0) is 16.0. The number of hydrogen-bond acceptors (Lipinski definition) is 6. The molecule has 0 saturated carbocycles. The number of carbonyl (C=O) groups excluding carboxylic acids is 2. The van der Waals surface area contributed by atoms with Crippen LogP contribution in [0.1, 0.15) is 30.8 Å². The molecule has 7 heteroatoms. The molecule has 0 bridgehead atoms. The molecule has 1 heterocycles. The summed E-state index contributed by atoms with van der Waals surface area (Å²) in [7, 11) is 2.57. The van der Waals surface area contributed by atoms with Crippen LogP contribution >= 0.6 is 0 Å². The van der Waals surface area contributed by atoms with Gasteiger partial charge in [0, 0.05) is 6.07 Å². The molecular weight excluding hydrogens is 278 g/mol. The average Bonchev–Trinajstić information content (AvgIpc) is 2.44. The molecule has 1 N–H and O–H groups in total. The van der Waals surface area contributed by atoms with Crippen LogP contribution in [-0.4, -0.2) is 32.1 Å². The van der Waals surface area contributed by atoms with Gasteiger partial charge < -0.3 is 19.2 Å². The topological polar surface area (TPSA) is 94.8 Å². The third kappa shape index (κ3) is 4.62. The Morgan fingerprint density at radius 2 is 2.00 bits per heavy atom. The van der Waals surface area contributed by atoms with Gasteiger partial charge in [0.1, 0.15) is 12.3 Å². The number of rotatable bonds is 6. The van der Waals surface area contributed by atoms with E-state index >= 15 is 0 Å². The summed E-state index contributed by atoms with van der Waals surface area (Å²) in [5.74, 6) is -1.23. The Morgan fingerprint density at radius 1 is 1.33 bits per heavy atom. The van der Waals surface area contributed by atoms with Gasteiger partial charge in [-0.05, 0) is 12.3 Å². The Kier molecular flexibility index (Phi) is 5.95. The summed E-state index contributed by atoms with van der Waals surface area (Å²) >= 11 is 0. The molecule has 21 heavy (non-hydrogen) atoms. The minimum Gasteiger partial charge on any atom is -0.490 e. The van der Waals surface area contributed by atoms with Gasteiger partial charge in [0.25, 0.3) is 5.91 Å². The van der Waals surface area contributed by atoms with E-state index in [4.69, 9.17) is 9.15 Å². The molecule has 1 aromatic rings. The van der Waals surface area contributed by atoms with E-state index in [1.807, 2.05) is 13.8 Å². The van der Waals surface area contributed by atoms with Gasteiger partial charge >= 0.3 is 5.97 Å². The third-order valence-electron chi connectivity index (χ3n) is 2.74. The summed E-state index contributed by atoms with van der Waals surface area (Å²) in [5, 5.41) is 2.49. The zero-order valence-electron chi connectivity index (χ0n) is 12.5. The van der Waals surface area contributed by atoms with Gasteiger partial charge in [-0.3, -0.25) is 9.59 Å². The zero-order valence-corrected chi connectivity index (χ0v) is 12.5. The fourth-order valence-electron chi connectivity index (χ4n) is 1.72. The van der Waals surface area contributed by atoms with Crippen LogP contribution < -0.4 is 15.5 Å². The van der Waals surface area contributed by atoms with Crippen molar-refractivity contribution < 1.29 is 23.5 Å². The van der Waals surface area contributed by atoms with Crippen LogP contribution in [0.4, 0.5) is 0 Å². The van der Waals surface area contributed by atoms with E-state index < -0.39 is 23.3 Å². The van der Waals surface area contributed by atoms with E-state index in [0.717, 1.165) is 12.3 Å². The van der Waals surface area contributed by atoms with Crippen LogP contribution in [0.5, 0.6) is 5.75 Å². The van der Waals surface area contributed by atoms with Gasteiger partial charge in [0.15, 0.2) is 5.76 Å². The van der Waals surface area contributed by atoms with Gasteiger partial charge in [-0.1, -0.05) is 13.8 Å². The first-order valence-corrected chi connectivity index (χ1v) is 6.44. The van der Waals surface area contributed by atoms with Gasteiger partial charge in [0.05, 0.1) is 14.2 Å². The molecule has 0 aromatic carbocycles. The lowest BCUT2D eigenvalue weighted by molar-refractivity contribution is -0.143. The molecule has 0 unspecified atom stereocenters. The Morgan fingerprint density at radius 3 is 2.48 bits per heavy atom. The Hall–Kier alpha value is -2.31. The monoisotopic (exact) mass is 297 g/mol. The van der Waals surface area contributed by atoms with E-state index in [1.54, 1.807) is 0 Å². The van der Waals surface area contributed by atoms with Crippen molar-refractivity contribution in [1.29, 1.82) is 0 Å². The number of nitrogens with one attached hydrogen (secondary N) is 1. The van der Waals surface area contributed by atoms with Crippen molar-refractivity contribution in [2.24, 2.45) is 5.92 Å². The van der Waals surface area contributed by atoms with Crippen molar-refractivity contribution in [3.63, 3.8) is 0 Å². The van der Waals surface area contributed by atoms with E-state index in [9.17, 15) is 14.4 Å². The molecule has 1 amide bonds. The minimum absolute atomic E-state index is 0.00162. The maximum absolute atomic E-state index is 12.0. The molecule has 0 spiro atoms. The quantitative estimate of drug-likeness (QED) is 0.786. The SMILES string of the molecule is COC(=O)[C@H](CC(C)C)NC(=O)c1cc(=O)c(OC)co1. The number of methoxy groups -OCH3 is 2. The summed E-state index contributed by atoms with van der Waals surface area (Å²) in [6, 6.07) is 0.215. The summed E-state index contributed by atoms with van der Waals surface area (Å²) < 4.78 is 14.4. The highest BCUT2D eigenvalue weighted by Gasteiger charge is 2.24. The fourth-order valence-corrected chi connectivity index (χ4v) is 1.72. The lowest BCUT2D eigenvalue weighted by Gasteiger charge is -2.17. The van der Waals surface area contributed by atoms with Crippen LogP contribution in [0.25, 0.3) is 0 Å². The smallest absolute Gasteiger partial charge is 0.328 e. The standard InChI is InChI=1S/C14H19NO6/c1-8(2)5-9(14(18)20-4)15-13(17)11-6-10(16)12(19-3)7-21-11/h6-9H,5H2,1-4H3,(H,15,17)/t9-/m0/s1. The number of hydrogen-bond donors (Lipinski definition) is 1. The number of ether oxygens (including phenoxy) is 2. The van der Waals surface area contributed by atoms with Gasteiger partial charge in [-0.2, -0.15) is 0 Å². The first-order chi connectivity index (χ1) is 9.88. The lowest BCUT2D eigenvalue weighted by Crippen LogP contribution is -2.42. The van der Waals surface area contributed by atoms with Gasteiger partial charge in [-0.15, -0.1) is 0 Å². The molecule has 1 rings (SSSR count). The highest BCUT2D eigenvalue weighted by Crippen LogP contribution is 2.09. The fraction of sp³-hybridized carbons (Fsp3) is 0.500. The molecule has 0 aliphatic rings. The maximum Gasteiger partial charge on any atom is 0.328 e. The molecule has 0 fully saturated rings. The molecule has 0 aliphatic heterocycles. The first kappa shape index (κ1) is 16.7. The summed E-state index contributed by atoms with van der Waals surface area (Å²) in [4.78, 5) is 35.2. The normalized spacial score (nSPS) is 11.9. The Bertz CT molecular complexity index is 563. The molecule has 0 radical (unpaired) electrons. The predicted octanol–water partition coefficient (Wildman–Crippen LogP) is 0.966. The number of amides is 1. The van der Waals surface area contributed by atoms with E-state index in [2.05, 4.69) is 10.1 Å². The summed E-state index contributed by atoms with van der Waals surface area (Å²) in [5.41, 5.74) is -0.479. The lowest BCUT2D eigenvalue weighted by atomic mass is 10.0. The van der Waals surface area contributed by atoms with E-state index in [1.165, 1.54) is 14.2 Å². The van der Waals surface area contributed by atoms with Crippen molar-refractivity contribution in [1.82, 2.24) is 5.32 Å². The second-order valence-corrected chi connectivity index (χ2v) is 4.86. The number of esters is 1. The molecule has 1 atom stereocenters. The second kappa shape index (κ2) is 7.47. The molecule has 7 nitrogen and oxygen atoms in total. The highest BCUT2D eigenvalue weighted by molar-refractivity contribution is 5.94. The van der Waals surface area contributed by atoms with Crippen LogP contribution in [-0.2, 0) is 9.53 Å². The summed E-state index contributed by atoms with van der Waals surface area (Å²) in [6.45, 7) is 3.82. The van der Waals surface area contributed by atoms with Gasteiger partial charge in [-0.25, -0.2) is 4.79 Å². The molecule has 1 aromatic heterocycles. The average molecular weight is 297 g/mol. The van der Waals surface area contributed by atoms with Crippen molar-refractivity contribution in [2.45, 2.75) is 26.3 Å². The molecule has 116 valence electrons. The number of carbonyl (C=O) groups is 2. The summed E-state index contributed by atoms with van der Waals surface area (Å²) in [6.07, 6.45) is 1.46. The van der Waals surface area contributed by atoms with Crippen molar-refractivity contribution in [2.75, 3.05) is 14.2 Å². The van der Waals surface area contributed by atoms with E-state index in [0.29, 0.717) is 6.42 Å². The molecule has 0 saturated heterocycles. The maximum atomic E-state index is 12.0. The van der Waals surface area contributed by atoms with Crippen LogP contribution in [0.3, 0.4) is 0 Å². The highest BCUT2D eigenvalue weighted by atomic mass is 16.5. The van der Waals surface area contributed by atoms with Gasteiger partial charge in [0.2, 0.25) is 11.2 Å². The Labute approximate surface area is 122 Å². The minimum atomic E-state index is -0.796. The van der Waals surface area contributed by atoms with Crippen molar-refractivity contribution >= 4 is 11.9 Å². The second-order valence-electron chi connectivity index (χ2n) is 4.86. The van der Waals surface area contributed by atoms with Crippen LogP contribution in [0.15, 0.2) is 21.5 Å². The third-order valence-corrected chi connectivity index (χ3v) is 2.74. The van der Waals surface area contributed by atoms with Crippen LogP contribution in [0, 0.1) is 5.92 Å². The Balaban J connectivity index is 2.88. The molecule has 0 aliphatic carbocycles. The van der Waals surface area contributed by atoms with Crippen molar-refractivity contribution in [3.8, 4) is 5.75 Å². The predicted molar refractivity (Wildman–Crippen MR) is 74.3 cm³/mol. The van der Waals surface area contributed by atoms with Crippen LogP contribution in [0.2, 0.25) is 0 Å². The van der Waals surface area contributed by atoms with E-state index in [-0.39, 0.29) is 17.4 Å². The molecular formula is C14H19NO6.